The molecule has 0 atom stereocenters. The largest absolute Gasteiger partial charge is 0.382 e. The molecule has 0 saturated carbocycles. The highest BCUT2D eigenvalue weighted by molar-refractivity contribution is 6.30. The summed E-state index contributed by atoms with van der Waals surface area (Å²) in [5, 5.41) is 7.86. The normalized spacial score (nSPS) is 10.6. The minimum absolute atomic E-state index is 0.342. The van der Waals surface area contributed by atoms with E-state index in [0.717, 1.165) is 16.7 Å². The van der Waals surface area contributed by atoms with Gasteiger partial charge in [-0.25, -0.2) is 0 Å². The van der Waals surface area contributed by atoms with Crippen LogP contribution < -0.4 is 5.73 Å². The molecule has 1 aromatic carbocycles. The smallest absolute Gasteiger partial charge is 0.157 e. The van der Waals surface area contributed by atoms with Crippen molar-refractivity contribution >= 4 is 17.4 Å². The van der Waals surface area contributed by atoms with Crippen molar-refractivity contribution in [1.82, 2.24) is 10.2 Å². The lowest BCUT2D eigenvalue weighted by molar-refractivity contribution is 0.106. The number of hydrogen-bond donors (Lipinski definition) is 1. The van der Waals surface area contributed by atoms with Crippen LogP contribution in [0.4, 0.5) is 5.82 Å². The van der Waals surface area contributed by atoms with Crippen molar-refractivity contribution in [3.05, 3.63) is 52.2 Å². The van der Waals surface area contributed by atoms with Gasteiger partial charge in [0.1, 0.15) is 5.82 Å². The van der Waals surface area contributed by atoms with Crippen LogP contribution >= 0.6 is 11.6 Å². The standard InChI is InChI=1S/C13H14ClN3O/c1-9-11(12(14)16-17-13(9)15)8-18-7-10-5-3-2-4-6-10/h2-6H,7-8H2,1H3,(H2,15,17). The molecule has 0 spiro atoms. The Hall–Kier alpha value is -1.65. The van der Waals surface area contributed by atoms with E-state index < -0.39 is 0 Å². The molecule has 2 rings (SSSR count). The Balaban J connectivity index is 2.01. The molecule has 94 valence electrons. The van der Waals surface area contributed by atoms with Crippen molar-refractivity contribution in [1.29, 1.82) is 0 Å². The van der Waals surface area contributed by atoms with E-state index in [9.17, 15) is 0 Å². The number of benzene rings is 1. The van der Waals surface area contributed by atoms with Crippen LogP contribution in [0, 0.1) is 6.92 Å². The van der Waals surface area contributed by atoms with Gasteiger partial charge in [-0.1, -0.05) is 41.9 Å². The molecule has 2 aromatic rings. The van der Waals surface area contributed by atoms with Crippen molar-refractivity contribution < 1.29 is 4.74 Å². The molecule has 5 heteroatoms. The topological polar surface area (TPSA) is 61.0 Å². The van der Waals surface area contributed by atoms with Gasteiger partial charge in [0.05, 0.1) is 13.2 Å². The van der Waals surface area contributed by atoms with Crippen LogP contribution in [-0.2, 0) is 18.0 Å². The van der Waals surface area contributed by atoms with Crippen LogP contribution in [0.2, 0.25) is 5.15 Å². The predicted molar refractivity (Wildman–Crippen MR) is 71.1 cm³/mol. The highest BCUT2D eigenvalue weighted by Crippen LogP contribution is 2.21. The third kappa shape index (κ3) is 2.97. The van der Waals surface area contributed by atoms with E-state index in [2.05, 4.69) is 10.2 Å². The summed E-state index contributed by atoms with van der Waals surface area (Å²) in [6.07, 6.45) is 0. The summed E-state index contributed by atoms with van der Waals surface area (Å²) in [4.78, 5) is 0. The molecule has 18 heavy (non-hydrogen) atoms. The number of hydrogen-bond acceptors (Lipinski definition) is 4. The molecular formula is C13H14ClN3O. The van der Waals surface area contributed by atoms with E-state index >= 15 is 0 Å². The number of nitrogens with two attached hydrogens (primary N) is 1. The fourth-order valence-electron chi connectivity index (χ4n) is 1.56. The van der Waals surface area contributed by atoms with Gasteiger partial charge in [0, 0.05) is 11.1 Å². The van der Waals surface area contributed by atoms with Crippen LogP contribution in [0.5, 0.6) is 0 Å². The summed E-state index contributed by atoms with van der Waals surface area (Å²) >= 11 is 5.97. The lowest BCUT2D eigenvalue weighted by Gasteiger charge is -2.09. The number of aromatic nitrogens is 2. The summed E-state index contributed by atoms with van der Waals surface area (Å²) in [5.41, 5.74) is 8.41. The zero-order valence-corrected chi connectivity index (χ0v) is 10.8. The van der Waals surface area contributed by atoms with E-state index in [4.69, 9.17) is 22.1 Å². The van der Waals surface area contributed by atoms with E-state index in [0.29, 0.717) is 24.2 Å². The number of rotatable bonds is 4. The number of anilines is 1. The minimum atomic E-state index is 0.342. The van der Waals surface area contributed by atoms with E-state index in [-0.39, 0.29) is 0 Å². The first-order valence-electron chi connectivity index (χ1n) is 5.57. The maximum atomic E-state index is 5.97. The molecule has 1 aromatic heterocycles. The molecule has 0 bridgehead atoms. The Morgan fingerprint density at radius 3 is 2.61 bits per heavy atom. The Labute approximate surface area is 111 Å². The number of nitrogens with zero attached hydrogens (tertiary/aromatic N) is 2. The third-order valence-electron chi connectivity index (χ3n) is 2.69. The molecule has 0 fully saturated rings. The average Bonchev–Trinajstić information content (AvgIpc) is 2.39. The summed E-state index contributed by atoms with van der Waals surface area (Å²) in [7, 11) is 0. The maximum absolute atomic E-state index is 5.97. The molecule has 0 unspecified atom stereocenters. The van der Waals surface area contributed by atoms with Gasteiger partial charge in [-0.15, -0.1) is 10.2 Å². The Kier molecular flexibility index (Phi) is 4.12. The van der Waals surface area contributed by atoms with Gasteiger partial charge in [0.2, 0.25) is 0 Å². The zero-order chi connectivity index (χ0) is 13.0. The predicted octanol–water partition coefficient (Wildman–Crippen LogP) is 2.74. The number of ether oxygens (including phenoxy) is 1. The minimum Gasteiger partial charge on any atom is -0.382 e. The molecule has 4 nitrogen and oxygen atoms in total. The molecule has 1 heterocycles. The highest BCUT2D eigenvalue weighted by atomic mass is 35.5. The van der Waals surface area contributed by atoms with E-state index in [1.807, 2.05) is 37.3 Å². The second-order valence-corrected chi connectivity index (χ2v) is 4.32. The van der Waals surface area contributed by atoms with Gasteiger partial charge in [-0.2, -0.15) is 0 Å². The van der Waals surface area contributed by atoms with Gasteiger partial charge in [0.15, 0.2) is 5.15 Å². The lowest BCUT2D eigenvalue weighted by atomic mass is 10.2. The quantitative estimate of drug-likeness (QED) is 0.921. The van der Waals surface area contributed by atoms with Crippen molar-refractivity contribution in [3.8, 4) is 0 Å². The Morgan fingerprint density at radius 1 is 1.17 bits per heavy atom. The molecule has 0 saturated heterocycles. The molecule has 0 radical (unpaired) electrons. The van der Waals surface area contributed by atoms with Gasteiger partial charge < -0.3 is 10.5 Å². The van der Waals surface area contributed by atoms with Crippen LogP contribution in [0.3, 0.4) is 0 Å². The van der Waals surface area contributed by atoms with Crippen molar-refractivity contribution in [3.63, 3.8) is 0 Å². The molecule has 0 aliphatic rings. The summed E-state index contributed by atoms with van der Waals surface area (Å²) in [6.45, 7) is 2.76. The SMILES string of the molecule is Cc1c(N)nnc(Cl)c1COCc1ccccc1. The molecule has 0 aliphatic carbocycles. The van der Waals surface area contributed by atoms with Crippen molar-refractivity contribution in [2.24, 2.45) is 0 Å². The van der Waals surface area contributed by atoms with Crippen LogP contribution in [0.25, 0.3) is 0 Å². The van der Waals surface area contributed by atoms with Crippen LogP contribution in [0.1, 0.15) is 16.7 Å². The van der Waals surface area contributed by atoms with Gasteiger partial charge >= 0.3 is 0 Å². The van der Waals surface area contributed by atoms with Crippen LogP contribution in [0.15, 0.2) is 30.3 Å². The first-order valence-corrected chi connectivity index (χ1v) is 5.95. The molecule has 0 amide bonds. The molecular weight excluding hydrogens is 250 g/mol. The first-order chi connectivity index (χ1) is 8.68. The monoisotopic (exact) mass is 263 g/mol. The average molecular weight is 264 g/mol. The first kappa shape index (κ1) is 12.8. The van der Waals surface area contributed by atoms with Crippen molar-refractivity contribution in [2.45, 2.75) is 20.1 Å². The fourth-order valence-corrected chi connectivity index (χ4v) is 1.79. The summed E-state index contributed by atoms with van der Waals surface area (Å²) in [6, 6.07) is 9.94. The Bertz CT molecular complexity index is 531. The third-order valence-corrected chi connectivity index (χ3v) is 2.99. The van der Waals surface area contributed by atoms with Crippen LogP contribution in [-0.4, -0.2) is 10.2 Å². The molecule has 0 aliphatic heterocycles. The maximum Gasteiger partial charge on any atom is 0.157 e. The summed E-state index contributed by atoms with van der Waals surface area (Å²) in [5.74, 6) is 0.387. The van der Waals surface area contributed by atoms with E-state index in [1.54, 1.807) is 0 Å². The second kappa shape index (κ2) is 5.80. The zero-order valence-electron chi connectivity index (χ0n) is 10.1. The Morgan fingerprint density at radius 2 is 1.89 bits per heavy atom. The fraction of sp³-hybridized carbons (Fsp3) is 0.231. The van der Waals surface area contributed by atoms with Gasteiger partial charge in [-0.05, 0) is 12.5 Å². The van der Waals surface area contributed by atoms with E-state index in [1.165, 1.54) is 0 Å². The van der Waals surface area contributed by atoms with Gasteiger partial charge in [0.25, 0.3) is 0 Å². The number of nitrogen functional groups attached to an aromatic ring is 1. The van der Waals surface area contributed by atoms with Crippen molar-refractivity contribution in [2.75, 3.05) is 5.73 Å². The second-order valence-electron chi connectivity index (χ2n) is 3.96. The molecule has 2 N–H and O–H groups in total. The highest BCUT2D eigenvalue weighted by Gasteiger charge is 2.09. The lowest BCUT2D eigenvalue weighted by Crippen LogP contribution is -2.04. The number of halogens is 1. The van der Waals surface area contributed by atoms with Gasteiger partial charge in [-0.3, -0.25) is 0 Å². The summed E-state index contributed by atoms with van der Waals surface area (Å²) < 4.78 is 5.61.